The van der Waals surface area contributed by atoms with Crippen LogP contribution in [0.15, 0.2) is 97.1 Å². The minimum absolute atomic E-state index is 0.152. The van der Waals surface area contributed by atoms with Crippen LogP contribution in [0.1, 0.15) is 22.7 Å². The molecule has 0 spiro atoms. The third-order valence-electron chi connectivity index (χ3n) is 6.35. The summed E-state index contributed by atoms with van der Waals surface area (Å²) in [6.45, 7) is 0.242. The molecule has 0 aromatic heterocycles. The van der Waals surface area contributed by atoms with Crippen molar-refractivity contribution in [3.63, 3.8) is 0 Å². The fraction of sp³-hybridized carbons (Fsp3) is 0.161. The van der Waals surface area contributed by atoms with Gasteiger partial charge in [0.1, 0.15) is 11.8 Å². The van der Waals surface area contributed by atoms with Crippen molar-refractivity contribution < 1.29 is 23.8 Å². The lowest BCUT2D eigenvalue weighted by Gasteiger charge is -2.31. The maximum atomic E-state index is 13.8. The highest BCUT2D eigenvalue weighted by molar-refractivity contribution is 6.32. The van der Waals surface area contributed by atoms with E-state index in [1.165, 1.54) is 4.90 Å². The molecule has 9 heteroatoms. The van der Waals surface area contributed by atoms with E-state index in [1.807, 2.05) is 54.6 Å². The summed E-state index contributed by atoms with van der Waals surface area (Å²) >= 11 is 12.3. The number of halogens is 2. The first kappa shape index (κ1) is 27.4. The van der Waals surface area contributed by atoms with Gasteiger partial charge >= 0.3 is 0 Å². The van der Waals surface area contributed by atoms with Crippen molar-refractivity contribution in [3.8, 4) is 17.2 Å². The Morgan fingerprint density at radius 3 is 2.33 bits per heavy atom. The van der Waals surface area contributed by atoms with Gasteiger partial charge < -0.3 is 24.4 Å². The summed E-state index contributed by atoms with van der Waals surface area (Å²) < 4.78 is 16.6. The van der Waals surface area contributed by atoms with E-state index in [1.54, 1.807) is 42.5 Å². The third kappa shape index (κ3) is 6.68. The number of benzene rings is 4. The van der Waals surface area contributed by atoms with Crippen molar-refractivity contribution >= 4 is 35.0 Å². The van der Waals surface area contributed by atoms with Crippen LogP contribution in [0.2, 0.25) is 10.0 Å². The van der Waals surface area contributed by atoms with Gasteiger partial charge in [0.2, 0.25) is 12.7 Å². The average Bonchev–Trinajstić information content (AvgIpc) is 3.45. The highest BCUT2D eigenvalue weighted by Crippen LogP contribution is 2.33. The largest absolute Gasteiger partial charge is 0.482 e. The highest BCUT2D eigenvalue weighted by atomic mass is 35.5. The van der Waals surface area contributed by atoms with Crippen LogP contribution in [0.4, 0.5) is 0 Å². The van der Waals surface area contributed by atoms with Gasteiger partial charge in [-0.2, -0.15) is 0 Å². The average molecular weight is 577 g/mol. The first-order valence-corrected chi connectivity index (χ1v) is 13.4. The van der Waals surface area contributed by atoms with Crippen molar-refractivity contribution in [2.75, 3.05) is 13.4 Å². The zero-order valence-electron chi connectivity index (χ0n) is 21.4. The minimum atomic E-state index is -0.937. The molecule has 0 fully saturated rings. The summed E-state index contributed by atoms with van der Waals surface area (Å²) in [4.78, 5) is 29.1. The SMILES string of the molecule is O=C(NCc1ccc2c(c1)OCO2)[C@@H](c1ccccc1)N(Cc1ccc(Cl)cc1)C(=O)COc1ccccc1Cl. The van der Waals surface area contributed by atoms with Crippen LogP contribution < -0.4 is 19.5 Å². The monoisotopic (exact) mass is 576 g/mol. The van der Waals surface area contributed by atoms with Gasteiger partial charge in [-0.05, 0) is 53.1 Å². The van der Waals surface area contributed by atoms with Gasteiger partial charge in [-0.3, -0.25) is 9.59 Å². The summed E-state index contributed by atoms with van der Waals surface area (Å²) in [5.41, 5.74) is 2.30. The smallest absolute Gasteiger partial charge is 0.261 e. The van der Waals surface area contributed by atoms with Crippen molar-refractivity contribution in [2.45, 2.75) is 19.1 Å². The Balaban J connectivity index is 1.42. The van der Waals surface area contributed by atoms with Crippen LogP contribution in [0.25, 0.3) is 0 Å². The third-order valence-corrected chi connectivity index (χ3v) is 6.92. The van der Waals surface area contributed by atoms with Crippen molar-refractivity contribution in [1.82, 2.24) is 10.2 Å². The molecule has 0 saturated carbocycles. The number of carbonyl (C=O) groups excluding carboxylic acids is 2. The number of nitrogens with one attached hydrogen (secondary N) is 1. The summed E-state index contributed by atoms with van der Waals surface area (Å²) in [6, 6.07) is 27.8. The predicted molar refractivity (Wildman–Crippen MR) is 153 cm³/mol. The number of hydrogen-bond donors (Lipinski definition) is 1. The summed E-state index contributed by atoms with van der Waals surface area (Å²) in [7, 11) is 0. The van der Waals surface area contributed by atoms with Crippen LogP contribution >= 0.6 is 23.2 Å². The van der Waals surface area contributed by atoms with Gasteiger partial charge in [0.05, 0.1) is 5.02 Å². The molecule has 0 radical (unpaired) electrons. The fourth-order valence-electron chi connectivity index (χ4n) is 4.34. The number of para-hydroxylation sites is 1. The zero-order valence-corrected chi connectivity index (χ0v) is 22.9. The highest BCUT2D eigenvalue weighted by Gasteiger charge is 2.32. The molecular weight excluding hydrogens is 551 g/mol. The molecule has 1 aliphatic rings. The molecule has 0 aliphatic carbocycles. The lowest BCUT2D eigenvalue weighted by atomic mass is 10.0. The van der Waals surface area contributed by atoms with E-state index in [4.69, 9.17) is 37.4 Å². The molecule has 1 atom stereocenters. The van der Waals surface area contributed by atoms with Crippen LogP contribution in [0, 0.1) is 0 Å². The Kier molecular flexibility index (Phi) is 8.74. The second kappa shape index (κ2) is 12.8. The van der Waals surface area contributed by atoms with E-state index in [0.717, 1.165) is 11.1 Å². The molecular formula is C31H26Cl2N2O5. The van der Waals surface area contributed by atoms with Gasteiger partial charge in [0, 0.05) is 18.1 Å². The number of ether oxygens (including phenoxy) is 3. The van der Waals surface area contributed by atoms with Gasteiger partial charge in [-0.1, -0.05) is 83.9 Å². The van der Waals surface area contributed by atoms with Gasteiger partial charge in [0.25, 0.3) is 5.91 Å². The van der Waals surface area contributed by atoms with E-state index in [2.05, 4.69) is 5.32 Å². The number of carbonyl (C=O) groups is 2. The normalized spacial score (nSPS) is 12.4. The van der Waals surface area contributed by atoms with Crippen molar-refractivity contribution in [3.05, 3.63) is 124 Å². The first-order chi connectivity index (χ1) is 19.5. The Morgan fingerprint density at radius 1 is 0.850 bits per heavy atom. The molecule has 5 rings (SSSR count). The minimum Gasteiger partial charge on any atom is -0.482 e. The van der Waals surface area contributed by atoms with Crippen molar-refractivity contribution in [2.24, 2.45) is 0 Å². The molecule has 0 saturated heterocycles. The molecule has 7 nitrogen and oxygen atoms in total. The summed E-state index contributed by atoms with van der Waals surface area (Å²) in [5, 5.41) is 3.95. The van der Waals surface area contributed by atoms with E-state index < -0.39 is 6.04 Å². The van der Waals surface area contributed by atoms with E-state index >= 15 is 0 Å². The van der Waals surface area contributed by atoms with E-state index in [-0.39, 0.29) is 38.3 Å². The Bertz CT molecular complexity index is 1480. The fourth-order valence-corrected chi connectivity index (χ4v) is 4.66. The molecule has 1 heterocycles. The summed E-state index contributed by atoms with van der Waals surface area (Å²) in [6.07, 6.45) is 0. The molecule has 40 heavy (non-hydrogen) atoms. The quantitative estimate of drug-likeness (QED) is 0.243. The number of nitrogens with zero attached hydrogens (tertiary/aromatic N) is 1. The molecule has 4 aromatic rings. The molecule has 4 aromatic carbocycles. The maximum absolute atomic E-state index is 13.8. The van der Waals surface area contributed by atoms with Crippen LogP contribution in [0.5, 0.6) is 17.2 Å². The Labute approximate surface area is 242 Å². The van der Waals surface area contributed by atoms with Crippen molar-refractivity contribution in [1.29, 1.82) is 0 Å². The molecule has 0 unspecified atom stereocenters. The number of rotatable bonds is 10. The van der Waals surface area contributed by atoms with E-state index in [0.29, 0.717) is 32.9 Å². The zero-order chi connectivity index (χ0) is 27.9. The van der Waals surface area contributed by atoms with E-state index in [9.17, 15) is 9.59 Å². The van der Waals surface area contributed by atoms with Crippen LogP contribution in [0.3, 0.4) is 0 Å². The van der Waals surface area contributed by atoms with Crippen LogP contribution in [-0.4, -0.2) is 30.1 Å². The van der Waals surface area contributed by atoms with Gasteiger partial charge in [-0.15, -0.1) is 0 Å². The van der Waals surface area contributed by atoms with Gasteiger partial charge in [0.15, 0.2) is 18.1 Å². The number of amides is 2. The maximum Gasteiger partial charge on any atom is 0.261 e. The number of hydrogen-bond acceptors (Lipinski definition) is 5. The first-order valence-electron chi connectivity index (χ1n) is 12.6. The lowest BCUT2D eigenvalue weighted by molar-refractivity contribution is -0.143. The molecule has 1 N–H and O–H groups in total. The number of fused-ring (bicyclic) bond motifs is 1. The molecule has 1 aliphatic heterocycles. The van der Waals surface area contributed by atoms with Gasteiger partial charge in [-0.25, -0.2) is 0 Å². The molecule has 0 bridgehead atoms. The summed E-state index contributed by atoms with van der Waals surface area (Å²) in [5.74, 6) is 0.941. The molecule has 2 amide bonds. The lowest BCUT2D eigenvalue weighted by Crippen LogP contribution is -2.45. The topological polar surface area (TPSA) is 77.1 Å². The standard InChI is InChI=1S/C31H26Cl2N2O5/c32-24-13-10-21(11-14-24)18-35(29(36)19-38-26-9-5-4-8-25(26)33)30(23-6-2-1-3-7-23)31(37)34-17-22-12-15-27-28(16-22)40-20-39-27/h1-16,30H,17-20H2,(H,34,37)/t30-/m1/s1. The van der Waals surface area contributed by atoms with Crippen LogP contribution in [-0.2, 0) is 22.7 Å². The predicted octanol–water partition coefficient (Wildman–Crippen LogP) is 6.19. The molecule has 204 valence electrons. The Morgan fingerprint density at radius 2 is 1.55 bits per heavy atom. The second-order valence-corrected chi connectivity index (χ2v) is 9.93. The second-order valence-electron chi connectivity index (χ2n) is 9.09. The Hall–Kier alpha value is -4.20.